The van der Waals surface area contributed by atoms with Gasteiger partial charge in [0.2, 0.25) is 0 Å². The van der Waals surface area contributed by atoms with Crippen molar-refractivity contribution in [3.8, 4) is 0 Å². The van der Waals surface area contributed by atoms with Crippen molar-refractivity contribution in [1.29, 1.82) is 0 Å². The van der Waals surface area contributed by atoms with Crippen molar-refractivity contribution in [2.45, 2.75) is 90.9 Å². The second kappa shape index (κ2) is 13.7. The minimum atomic E-state index is 1.05. The Hall–Kier alpha value is 0.0600. The van der Waals surface area contributed by atoms with E-state index in [1.165, 1.54) is 102 Å². The van der Waals surface area contributed by atoms with E-state index in [4.69, 9.17) is 0 Å². The van der Waals surface area contributed by atoms with Crippen molar-refractivity contribution in [3.05, 3.63) is 62.5 Å². The number of hydrogen-bond donors (Lipinski definition) is 0. The first-order valence-electron chi connectivity index (χ1n) is 11.7. The third-order valence-corrected chi connectivity index (χ3v) is 11.0. The fourth-order valence-corrected chi connectivity index (χ4v) is 8.88. The van der Waals surface area contributed by atoms with E-state index in [-0.39, 0.29) is 0 Å². The van der Waals surface area contributed by atoms with Crippen LogP contribution in [0.3, 0.4) is 0 Å². The molecule has 0 unspecified atom stereocenters. The Morgan fingerprint density at radius 1 is 0.581 bits per heavy atom. The standard InChI is InChI=1S/C26H34Br2S3/c1-3-5-7-9-11-19-15-23(27)25(30-19)17-21-13-14-22(29-21)18-26-24(28)16-20(31-26)12-10-8-6-4-2/h13-16H,3-12,17-18H2,1-2H3. The summed E-state index contributed by atoms with van der Waals surface area (Å²) in [5.74, 6) is 0. The Kier molecular flexibility index (Phi) is 11.3. The van der Waals surface area contributed by atoms with Gasteiger partial charge in [-0.2, -0.15) is 0 Å². The molecular formula is C26H34Br2S3. The maximum Gasteiger partial charge on any atom is 0.0320 e. The molecule has 0 fully saturated rings. The molecule has 0 nitrogen and oxygen atoms in total. The molecule has 0 atom stereocenters. The summed E-state index contributed by atoms with van der Waals surface area (Å²) in [7, 11) is 0. The van der Waals surface area contributed by atoms with Crippen LogP contribution in [0.2, 0.25) is 0 Å². The van der Waals surface area contributed by atoms with Crippen LogP contribution in [-0.2, 0) is 25.7 Å². The summed E-state index contributed by atoms with van der Waals surface area (Å²) in [5.41, 5.74) is 0. The second-order valence-corrected chi connectivity index (χ2v) is 13.7. The number of unbranched alkanes of at least 4 members (excludes halogenated alkanes) is 6. The number of hydrogen-bond acceptors (Lipinski definition) is 3. The summed E-state index contributed by atoms with van der Waals surface area (Å²) in [6.07, 6.45) is 15.2. The monoisotopic (exact) mass is 600 g/mol. The summed E-state index contributed by atoms with van der Waals surface area (Å²) in [6.45, 7) is 4.56. The maximum atomic E-state index is 3.81. The molecule has 0 saturated heterocycles. The highest BCUT2D eigenvalue weighted by atomic mass is 79.9. The van der Waals surface area contributed by atoms with E-state index >= 15 is 0 Å². The fourth-order valence-electron chi connectivity index (χ4n) is 3.78. The van der Waals surface area contributed by atoms with Crippen molar-refractivity contribution in [2.24, 2.45) is 0 Å². The first kappa shape index (κ1) is 25.7. The third-order valence-electron chi connectivity index (χ3n) is 5.56. The van der Waals surface area contributed by atoms with E-state index in [1.807, 2.05) is 34.0 Å². The van der Waals surface area contributed by atoms with E-state index < -0.39 is 0 Å². The van der Waals surface area contributed by atoms with Crippen LogP contribution in [0.4, 0.5) is 0 Å². The molecule has 3 aromatic heterocycles. The van der Waals surface area contributed by atoms with E-state index in [9.17, 15) is 0 Å². The summed E-state index contributed by atoms with van der Waals surface area (Å²) in [5, 5.41) is 0. The number of aryl methyl sites for hydroxylation is 2. The van der Waals surface area contributed by atoms with Gasteiger partial charge in [-0.25, -0.2) is 0 Å². The Labute approximate surface area is 217 Å². The minimum absolute atomic E-state index is 1.05. The lowest BCUT2D eigenvalue weighted by Gasteiger charge is -1.98. The average molecular weight is 603 g/mol. The van der Waals surface area contributed by atoms with Crippen LogP contribution in [0, 0.1) is 0 Å². The van der Waals surface area contributed by atoms with Crippen molar-refractivity contribution >= 4 is 65.9 Å². The molecule has 3 rings (SSSR count). The second-order valence-electron chi connectivity index (χ2n) is 8.31. The maximum absolute atomic E-state index is 3.81. The van der Waals surface area contributed by atoms with Gasteiger partial charge >= 0.3 is 0 Å². The molecule has 0 radical (unpaired) electrons. The molecule has 0 aliphatic heterocycles. The lowest BCUT2D eigenvalue weighted by molar-refractivity contribution is 0.670. The van der Waals surface area contributed by atoms with Gasteiger partial charge in [-0.3, -0.25) is 0 Å². The highest BCUT2D eigenvalue weighted by molar-refractivity contribution is 9.10. The van der Waals surface area contributed by atoms with E-state index in [0.29, 0.717) is 0 Å². The molecule has 0 spiro atoms. The summed E-state index contributed by atoms with van der Waals surface area (Å²) >= 11 is 13.6. The van der Waals surface area contributed by atoms with Gasteiger partial charge in [0, 0.05) is 51.0 Å². The molecule has 5 heteroatoms. The van der Waals surface area contributed by atoms with Crippen molar-refractivity contribution in [1.82, 2.24) is 0 Å². The van der Waals surface area contributed by atoms with Gasteiger partial charge < -0.3 is 0 Å². The number of halogens is 2. The quantitative estimate of drug-likeness (QED) is 0.161. The molecule has 3 heterocycles. The van der Waals surface area contributed by atoms with Crippen molar-refractivity contribution < 1.29 is 0 Å². The van der Waals surface area contributed by atoms with Crippen LogP contribution in [0.5, 0.6) is 0 Å². The van der Waals surface area contributed by atoms with Crippen molar-refractivity contribution in [2.75, 3.05) is 0 Å². The summed E-state index contributed by atoms with van der Waals surface area (Å²) in [4.78, 5) is 8.97. The van der Waals surface area contributed by atoms with Gasteiger partial charge in [0.25, 0.3) is 0 Å². The summed E-state index contributed by atoms with van der Waals surface area (Å²) < 4.78 is 2.60. The topological polar surface area (TPSA) is 0 Å². The van der Waals surface area contributed by atoms with E-state index in [0.717, 1.165) is 12.8 Å². The predicted octanol–water partition coefficient (Wildman–Crippen LogP) is 10.8. The first-order valence-corrected chi connectivity index (χ1v) is 15.7. The Bertz CT molecular complexity index is 846. The Balaban J connectivity index is 1.54. The van der Waals surface area contributed by atoms with Crippen molar-refractivity contribution in [3.63, 3.8) is 0 Å². The molecule has 0 bridgehead atoms. The molecule has 0 aliphatic carbocycles. The molecule has 0 saturated carbocycles. The lowest BCUT2D eigenvalue weighted by atomic mass is 10.1. The zero-order valence-electron chi connectivity index (χ0n) is 18.8. The highest BCUT2D eigenvalue weighted by Crippen LogP contribution is 2.35. The molecule has 31 heavy (non-hydrogen) atoms. The molecular weight excluding hydrogens is 568 g/mol. The zero-order valence-corrected chi connectivity index (χ0v) is 24.4. The van der Waals surface area contributed by atoms with Crippen LogP contribution < -0.4 is 0 Å². The number of thiophene rings is 3. The van der Waals surface area contributed by atoms with Gasteiger partial charge in [-0.05, 0) is 81.8 Å². The third kappa shape index (κ3) is 8.41. The predicted molar refractivity (Wildman–Crippen MR) is 150 cm³/mol. The van der Waals surface area contributed by atoms with Gasteiger partial charge in [-0.1, -0.05) is 52.4 Å². The van der Waals surface area contributed by atoms with Crippen LogP contribution >= 0.6 is 65.9 Å². The highest BCUT2D eigenvalue weighted by Gasteiger charge is 2.12. The molecule has 0 amide bonds. The molecule has 170 valence electrons. The average Bonchev–Trinajstić information content (AvgIpc) is 3.43. The largest absolute Gasteiger partial charge is 0.145 e. The molecule has 0 aliphatic rings. The van der Waals surface area contributed by atoms with Crippen LogP contribution in [0.15, 0.2) is 33.2 Å². The molecule has 0 N–H and O–H groups in total. The first-order chi connectivity index (χ1) is 15.1. The SMILES string of the molecule is CCCCCCc1cc(Br)c(Cc2ccc(Cc3sc(CCCCCC)cc3Br)s2)s1. The molecule has 0 aromatic carbocycles. The van der Waals surface area contributed by atoms with Gasteiger partial charge in [0.1, 0.15) is 0 Å². The molecule has 3 aromatic rings. The van der Waals surface area contributed by atoms with Crippen LogP contribution in [0.25, 0.3) is 0 Å². The van der Waals surface area contributed by atoms with E-state index in [1.54, 1.807) is 0 Å². The summed E-state index contributed by atoms with van der Waals surface area (Å²) in [6, 6.07) is 9.37. The van der Waals surface area contributed by atoms with Gasteiger partial charge in [0.15, 0.2) is 0 Å². The normalized spacial score (nSPS) is 11.5. The smallest absolute Gasteiger partial charge is 0.0320 e. The Morgan fingerprint density at radius 2 is 1.03 bits per heavy atom. The van der Waals surface area contributed by atoms with Crippen LogP contribution in [0.1, 0.15) is 94.5 Å². The minimum Gasteiger partial charge on any atom is -0.145 e. The zero-order chi connectivity index (χ0) is 22.1. The van der Waals surface area contributed by atoms with Crippen LogP contribution in [-0.4, -0.2) is 0 Å². The lowest BCUT2D eigenvalue weighted by Crippen LogP contribution is -1.81. The van der Waals surface area contributed by atoms with Gasteiger partial charge in [-0.15, -0.1) is 34.0 Å². The number of rotatable bonds is 14. The van der Waals surface area contributed by atoms with Gasteiger partial charge in [0.05, 0.1) is 0 Å². The van der Waals surface area contributed by atoms with E-state index in [2.05, 4.69) is 70.0 Å². The Morgan fingerprint density at radius 3 is 1.45 bits per heavy atom. The fraction of sp³-hybridized carbons (Fsp3) is 0.538.